The minimum absolute atomic E-state index is 0.152. The first-order chi connectivity index (χ1) is 14.7. The number of esters is 1. The molecule has 1 saturated heterocycles. The Morgan fingerprint density at radius 3 is 2.74 bits per heavy atom. The number of carbonyl (C=O) groups excluding carboxylic acids is 2. The SMILES string of the molecule is C[C@@H]1Cc2ccccc2N1Cc1occc1C(=O)N1CCO[C@H](C(=O)OC(C)(C)C)C1. The maximum Gasteiger partial charge on any atom is 0.337 e. The van der Waals surface area contributed by atoms with Crippen molar-refractivity contribution >= 4 is 17.6 Å². The van der Waals surface area contributed by atoms with Crippen LogP contribution in [0.2, 0.25) is 0 Å². The van der Waals surface area contributed by atoms with Crippen molar-refractivity contribution in [2.75, 3.05) is 24.6 Å². The average molecular weight is 427 g/mol. The van der Waals surface area contributed by atoms with Gasteiger partial charge >= 0.3 is 5.97 Å². The van der Waals surface area contributed by atoms with E-state index in [-0.39, 0.29) is 12.5 Å². The second-order valence-electron chi connectivity index (χ2n) is 9.21. The van der Waals surface area contributed by atoms with Crippen molar-refractivity contribution in [3.8, 4) is 0 Å². The Morgan fingerprint density at radius 2 is 1.97 bits per heavy atom. The van der Waals surface area contributed by atoms with Crippen LogP contribution in [-0.4, -0.2) is 54.2 Å². The number of morpholine rings is 1. The topological polar surface area (TPSA) is 72.2 Å². The van der Waals surface area contributed by atoms with E-state index in [4.69, 9.17) is 13.9 Å². The molecule has 4 rings (SSSR count). The van der Waals surface area contributed by atoms with E-state index in [1.807, 2.05) is 26.8 Å². The molecule has 7 nitrogen and oxygen atoms in total. The Hall–Kier alpha value is -2.80. The largest absolute Gasteiger partial charge is 0.467 e. The first kappa shape index (κ1) is 21.4. The maximum absolute atomic E-state index is 13.3. The van der Waals surface area contributed by atoms with E-state index >= 15 is 0 Å². The number of para-hydroxylation sites is 1. The summed E-state index contributed by atoms with van der Waals surface area (Å²) < 4.78 is 16.7. The fraction of sp³-hybridized carbons (Fsp3) is 0.500. The standard InChI is InChI=1S/C24H30N2O5/c1-16-13-17-7-5-6-8-19(17)26(16)15-20-18(9-11-29-20)22(27)25-10-12-30-21(14-25)23(28)31-24(2,3)4/h5-9,11,16,21H,10,12-15H2,1-4H3/t16-,21+/m1/s1. The molecular formula is C24H30N2O5. The quantitative estimate of drug-likeness (QED) is 0.698. The molecule has 0 radical (unpaired) electrons. The molecule has 2 aromatic rings. The summed E-state index contributed by atoms with van der Waals surface area (Å²) in [5.41, 5.74) is 2.41. The number of benzene rings is 1. The van der Waals surface area contributed by atoms with Crippen LogP contribution < -0.4 is 4.90 Å². The number of nitrogens with zero attached hydrogens (tertiary/aromatic N) is 2. The molecule has 0 spiro atoms. The van der Waals surface area contributed by atoms with Crippen LogP contribution in [0.1, 0.15) is 49.4 Å². The first-order valence-electron chi connectivity index (χ1n) is 10.8. The Morgan fingerprint density at radius 1 is 1.19 bits per heavy atom. The van der Waals surface area contributed by atoms with Gasteiger partial charge in [0, 0.05) is 18.3 Å². The molecule has 0 N–H and O–H groups in total. The molecular weight excluding hydrogens is 396 g/mol. The van der Waals surface area contributed by atoms with Crippen molar-refractivity contribution in [1.29, 1.82) is 0 Å². The second kappa shape index (κ2) is 8.38. The zero-order valence-corrected chi connectivity index (χ0v) is 18.6. The van der Waals surface area contributed by atoms with Crippen molar-refractivity contribution in [2.24, 2.45) is 0 Å². The third kappa shape index (κ3) is 4.61. The first-order valence-corrected chi connectivity index (χ1v) is 10.8. The fourth-order valence-corrected chi connectivity index (χ4v) is 4.19. The van der Waals surface area contributed by atoms with E-state index in [9.17, 15) is 9.59 Å². The smallest absolute Gasteiger partial charge is 0.337 e. The molecule has 7 heteroatoms. The van der Waals surface area contributed by atoms with Gasteiger partial charge in [-0.15, -0.1) is 0 Å². The summed E-state index contributed by atoms with van der Waals surface area (Å²) in [5.74, 6) is 0.0366. The van der Waals surface area contributed by atoms with Gasteiger partial charge in [-0.05, 0) is 51.8 Å². The lowest BCUT2D eigenvalue weighted by molar-refractivity contribution is -0.172. The Balaban J connectivity index is 1.47. The summed E-state index contributed by atoms with van der Waals surface area (Å²) in [6.07, 6.45) is 1.75. The number of fused-ring (bicyclic) bond motifs is 1. The van der Waals surface area contributed by atoms with Gasteiger partial charge in [0.1, 0.15) is 11.4 Å². The number of ether oxygens (including phenoxy) is 2. The number of hydrogen-bond donors (Lipinski definition) is 0. The van der Waals surface area contributed by atoms with Crippen LogP contribution in [0, 0.1) is 0 Å². The zero-order valence-electron chi connectivity index (χ0n) is 18.6. The van der Waals surface area contributed by atoms with Crippen molar-refractivity contribution in [3.63, 3.8) is 0 Å². The van der Waals surface area contributed by atoms with Gasteiger partial charge in [0.05, 0.1) is 31.5 Å². The van der Waals surface area contributed by atoms with Gasteiger partial charge in [-0.3, -0.25) is 4.79 Å². The number of hydrogen-bond acceptors (Lipinski definition) is 6. The monoisotopic (exact) mass is 426 g/mol. The highest BCUT2D eigenvalue weighted by molar-refractivity contribution is 5.95. The molecule has 166 valence electrons. The van der Waals surface area contributed by atoms with Crippen molar-refractivity contribution in [1.82, 2.24) is 4.90 Å². The fourth-order valence-electron chi connectivity index (χ4n) is 4.19. The van der Waals surface area contributed by atoms with Crippen LogP contribution in [0.5, 0.6) is 0 Å². The number of anilines is 1. The maximum atomic E-state index is 13.3. The summed E-state index contributed by atoms with van der Waals surface area (Å²) in [6, 6.07) is 10.4. The van der Waals surface area contributed by atoms with E-state index in [0.717, 1.165) is 6.42 Å². The third-order valence-electron chi connectivity index (χ3n) is 5.66. The summed E-state index contributed by atoms with van der Waals surface area (Å²) in [6.45, 7) is 9.01. The van der Waals surface area contributed by atoms with Gasteiger partial charge in [0.15, 0.2) is 6.10 Å². The van der Waals surface area contributed by atoms with Gasteiger partial charge in [-0.2, -0.15) is 0 Å². The van der Waals surface area contributed by atoms with Crippen molar-refractivity contribution in [3.05, 3.63) is 53.5 Å². The normalized spacial score (nSPS) is 21.2. The van der Waals surface area contributed by atoms with Gasteiger partial charge in [0.25, 0.3) is 5.91 Å². The molecule has 1 aromatic carbocycles. The van der Waals surface area contributed by atoms with Crippen LogP contribution in [0.3, 0.4) is 0 Å². The second-order valence-corrected chi connectivity index (χ2v) is 9.21. The third-order valence-corrected chi connectivity index (χ3v) is 5.66. The van der Waals surface area contributed by atoms with Gasteiger partial charge in [0.2, 0.25) is 0 Å². The van der Waals surface area contributed by atoms with E-state index in [1.54, 1.807) is 17.2 Å². The summed E-state index contributed by atoms with van der Waals surface area (Å²) >= 11 is 0. The van der Waals surface area contributed by atoms with Crippen LogP contribution in [0.15, 0.2) is 41.0 Å². The van der Waals surface area contributed by atoms with E-state index in [2.05, 4.69) is 30.0 Å². The highest BCUT2D eigenvalue weighted by Gasteiger charge is 2.34. The van der Waals surface area contributed by atoms with Crippen LogP contribution >= 0.6 is 0 Å². The number of furan rings is 1. The summed E-state index contributed by atoms with van der Waals surface area (Å²) in [5, 5.41) is 0. The highest BCUT2D eigenvalue weighted by Crippen LogP contribution is 2.33. The molecule has 1 amide bonds. The molecule has 1 fully saturated rings. The van der Waals surface area contributed by atoms with E-state index < -0.39 is 17.7 Å². The molecule has 1 aromatic heterocycles. The lowest BCUT2D eigenvalue weighted by Crippen LogP contribution is -2.50. The molecule has 31 heavy (non-hydrogen) atoms. The molecule has 0 unspecified atom stereocenters. The molecule has 0 aliphatic carbocycles. The number of amides is 1. The van der Waals surface area contributed by atoms with Gasteiger partial charge < -0.3 is 23.7 Å². The lowest BCUT2D eigenvalue weighted by Gasteiger charge is -2.33. The molecule has 0 bridgehead atoms. The average Bonchev–Trinajstić information content (AvgIpc) is 3.31. The molecule has 0 saturated carbocycles. The molecule has 2 aliphatic rings. The minimum atomic E-state index is -0.780. The van der Waals surface area contributed by atoms with Crippen molar-refractivity contribution < 1.29 is 23.5 Å². The van der Waals surface area contributed by atoms with Gasteiger partial charge in [-0.25, -0.2) is 4.79 Å². The Bertz CT molecular complexity index is 961. The van der Waals surface area contributed by atoms with E-state index in [0.29, 0.717) is 37.1 Å². The zero-order chi connectivity index (χ0) is 22.2. The van der Waals surface area contributed by atoms with Crippen LogP contribution in [0.25, 0.3) is 0 Å². The Kier molecular flexibility index (Phi) is 5.79. The van der Waals surface area contributed by atoms with Crippen LogP contribution in [-0.2, 0) is 27.2 Å². The summed E-state index contributed by atoms with van der Waals surface area (Å²) in [7, 11) is 0. The van der Waals surface area contributed by atoms with Crippen LogP contribution in [0.4, 0.5) is 5.69 Å². The number of carbonyl (C=O) groups is 2. The van der Waals surface area contributed by atoms with Gasteiger partial charge in [-0.1, -0.05) is 18.2 Å². The van der Waals surface area contributed by atoms with Crippen molar-refractivity contribution in [2.45, 2.75) is 58.4 Å². The van der Waals surface area contributed by atoms with E-state index in [1.165, 1.54) is 11.3 Å². The molecule has 3 heterocycles. The molecule has 2 atom stereocenters. The Labute approximate surface area is 182 Å². The molecule has 2 aliphatic heterocycles. The summed E-state index contributed by atoms with van der Waals surface area (Å²) in [4.78, 5) is 29.6. The minimum Gasteiger partial charge on any atom is -0.467 e. The predicted molar refractivity (Wildman–Crippen MR) is 116 cm³/mol. The number of rotatable bonds is 4. The highest BCUT2D eigenvalue weighted by atomic mass is 16.6. The predicted octanol–water partition coefficient (Wildman–Crippen LogP) is 3.41. The lowest BCUT2D eigenvalue weighted by atomic mass is 10.1.